The van der Waals surface area contributed by atoms with E-state index in [1.54, 1.807) is 0 Å². The van der Waals surface area contributed by atoms with Crippen molar-refractivity contribution >= 4 is 27.5 Å². The maximum atomic E-state index is 14.2. The summed E-state index contributed by atoms with van der Waals surface area (Å²) in [5.41, 5.74) is -0.411. The van der Waals surface area contributed by atoms with Crippen LogP contribution in [-0.4, -0.2) is 20.4 Å². The number of hydrogen-bond acceptors (Lipinski definition) is 3. The largest absolute Gasteiger partial charge is 0.349 e. The Balaban J connectivity index is 2.31. The number of hydrogen-bond donors (Lipinski definition) is 2. The summed E-state index contributed by atoms with van der Waals surface area (Å²) in [6, 6.07) is 1.95. The van der Waals surface area contributed by atoms with Gasteiger partial charge in [-0.2, -0.15) is 0 Å². The zero-order valence-corrected chi connectivity index (χ0v) is 13.0. The van der Waals surface area contributed by atoms with E-state index in [9.17, 15) is 17.6 Å². The van der Waals surface area contributed by atoms with Crippen molar-refractivity contribution < 1.29 is 17.6 Å². The van der Waals surface area contributed by atoms with Crippen molar-refractivity contribution in [2.24, 2.45) is 11.1 Å². The molecule has 0 spiro atoms. The van der Waals surface area contributed by atoms with Crippen molar-refractivity contribution in [2.45, 2.75) is 37.1 Å². The molecule has 2 rings (SSSR count). The van der Waals surface area contributed by atoms with Gasteiger partial charge in [-0.3, -0.25) is 4.79 Å². The molecule has 5 nitrogen and oxygen atoms in total. The molecule has 2 unspecified atom stereocenters. The van der Waals surface area contributed by atoms with Gasteiger partial charge in [-0.1, -0.05) is 18.5 Å². The van der Waals surface area contributed by atoms with Crippen molar-refractivity contribution in [1.82, 2.24) is 5.32 Å². The second kappa shape index (κ2) is 5.90. The third-order valence-corrected chi connectivity index (χ3v) is 4.71. The number of sulfonamides is 1. The molecule has 0 aliphatic heterocycles. The SMILES string of the molecule is CC1CCC(NC(=O)c2cc(Cl)cc(S(N)(=O)=O)c2F)C1. The van der Waals surface area contributed by atoms with Crippen molar-refractivity contribution in [3.8, 4) is 0 Å². The van der Waals surface area contributed by atoms with Gasteiger partial charge in [0.15, 0.2) is 5.82 Å². The number of rotatable bonds is 3. The minimum atomic E-state index is -4.29. The molecule has 3 N–H and O–H groups in total. The second-order valence-electron chi connectivity index (χ2n) is 5.40. The van der Waals surface area contributed by atoms with Crippen LogP contribution in [0.2, 0.25) is 5.02 Å². The van der Waals surface area contributed by atoms with Gasteiger partial charge in [0.1, 0.15) is 4.90 Å². The van der Waals surface area contributed by atoms with Crippen molar-refractivity contribution in [3.63, 3.8) is 0 Å². The fourth-order valence-corrected chi connectivity index (χ4v) is 3.47. The van der Waals surface area contributed by atoms with Crippen LogP contribution in [0.4, 0.5) is 4.39 Å². The highest BCUT2D eigenvalue weighted by molar-refractivity contribution is 7.89. The maximum Gasteiger partial charge on any atom is 0.254 e. The Morgan fingerprint density at radius 2 is 2.10 bits per heavy atom. The molecular formula is C13H16ClFN2O3S. The number of nitrogens with two attached hydrogens (primary N) is 1. The number of amides is 1. The third kappa shape index (κ3) is 3.72. The highest BCUT2D eigenvalue weighted by Gasteiger charge is 2.27. The Hall–Kier alpha value is -1.18. The first-order valence-corrected chi connectivity index (χ1v) is 8.43. The Morgan fingerprint density at radius 1 is 1.43 bits per heavy atom. The van der Waals surface area contributed by atoms with Gasteiger partial charge in [-0.05, 0) is 37.3 Å². The van der Waals surface area contributed by atoms with Gasteiger partial charge < -0.3 is 5.32 Å². The van der Waals surface area contributed by atoms with E-state index in [2.05, 4.69) is 12.2 Å². The quantitative estimate of drug-likeness (QED) is 0.886. The summed E-state index contributed by atoms with van der Waals surface area (Å²) in [4.78, 5) is 11.3. The normalized spacial score (nSPS) is 22.3. The van der Waals surface area contributed by atoms with E-state index in [1.165, 1.54) is 0 Å². The van der Waals surface area contributed by atoms with Gasteiger partial charge in [0.25, 0.3) is 5.91 Å². The van der Waals surface area contributed by atoms with E-state index in [-0.39, 0.29) is 11.1 Å². The Morgan fingerprint density at radius 3 is 2.62 bits per heavy atom. The number of nitrogens with one attached hydrogen (secondary N) is 1. The van der Waals surface area contributed by atoms with Crippen LogP contribution in [0.3, 0.4) is 0 Å². The van der Waals surface area contributed by atoms with Crippen LogP contribution in [0.5, 0.6) is 0 Å². The lowest BCUT2D eigenvalue weighted by atomic mass is 10.1. The predicted octanol–water partition coefficient (Wildman–Crippen LogP) is 2.04. The van der Waals surface area contributed by atoms with Crippen molar-refractivity contribution in [2.75, 3.05) is 0 Å². The lowest BCUT2D eigenvalue weighted by Gasteiger charge is -2.14. The van der Waals surface area contributed by atoms with Gasteiger partial charge in [0, 0.05) is 11.1 Å². The number of benzene rings is 1. The molecule has 0 bridgehead atoms. The van der Waals surface area contributed by atoms with Gasteiger partial charge >= 0.3 is 0 Å². The van der Waals surface area contributed by atoms with E-state index in [0.717, 1.165) is 31.4 Å². The van der Waals surface area contributed by atoms with Gasteiger partial charge in [0.2, 0.25) is 10.0 Å². The standard InChI is InChI=1S/C13H16ClFN2O3S/c1-7-2-3-9(4-7)17-13(18)10-5-8(14)6-11(12(10)15)21(16,19)20/h5-7,9H,2-4H2,1H3,(H,17,18)(H2,16,19,20). The number of primary sulfonamides is 1. The summed E-state index contributed by atoms with van der Waals surface area (Å²) >= 11 is 5.75. The molecule has 1 aromatic rings. The fourth-order valence-electron chi connectivity index (χ4n) is 2.54. The predicted molar refractivity (Wildman–Crippen MR) is 77.1 cm³/mol. The molecular weight excluding hydrogens is 319 g/mol. The summed E-state index contributed by atoms with van der Waals surface area (Å²) in [6.45, 7) is 2.07. The third-order valence-electron chi connectivity index (χ3n) is 3.59. The average Bonchev–Trinajstić information content (AvgIpc) is 2.75. The first-order chi connectivity index (χ1) is 9.68. The van der Waals surface area contributed by atoms with Gasteiger partial charge in [-0.15, -0.1) is 0 Å². The summed E-state index contributed by atoms with van der Waals surface area (Å²) in [6.07, 6.45) is 2.62. The van der Waals surface area contributed by atoms with Crippen LogP contribution < -0.4 is 10.5 Å². The van der Waals surface area contributed by atoms with Gasteiger partial charge in [0.05, 0.1) is 5.56 Å². The smallest absolute Gasteiger partial charge is 0.254 e. The van der Waals surface area contributed by atoms with E-state index >= 15 is 0 Å². The molecule has 1 aliphatic carbocycles. The van der Waals surface area contributed by atoms with Crippen LogP contribution in [0, 0.1) is 11.7 Å². The number of carbonyl (C=O) groups excluding carboxylic acids is 1. The fraction of sp³-hybridized carbons (Fsp3) is 0.462. The first-order valence-electron chi connectivity index (χ1n) is 6.51. The topological polar surface area (TPSA) is 89.3 Å². The van der Waals surface area contributed by atoms with Gasteiger partial charge in [-0.25, -0.2) is 17.9 Å². The van der Waals surface area contributed by atoms with E-state index in [1.807, 2.05) is 0 Å². The number of halogens is 2. The molecule has 1 aromatic carbocycles. The molecule has 1 fully saturated rings. The minimum absolute atomic E-state index is 0.0381. The highest BCUT2D eigenvalue weighted by atomic mass is 35.5. The zero-order chi connectivity index (χ0) is 15.8. The second-order valence-corrected chi connectivity index (χ2v) is 7.37. The summed E-state index contributed by atoms with van der Waals surface area (Å²) in [7, 11) is -4.29. The maximum absolute atomic E-state index is 14.2. The molecule has 0 heterocycles. The molecule has 116 valence electrons. The first kappa shape index (κ1) is 16.2. The Kier molecular flexibility index (Phi) is 4.55. The monoisotopic (exact) mass is 334 g/mol. The van der Waals surface area contributed by atoms with Crippen LogP contribution >= 0.6 is 11.6 Å². The summed E-state index contributed by atoms with van der Waals surface area (Å²) in [5, 5.41) is 7.55. The van der Waals surface area contributed by atoms with Crippen LogP contribution in [0.15, 0.2) is 17.0 Å². The molecule has 0 aromatic heterocycles. The van der Waals surface area contributed by atoms with Crippen LogP contribution in [0.1, 0.15) is 36.5 Å². The molecule has 1 saturated carbocycles. The molecule has 8 heteroatoms. The molecule has 2 atom stereocenters. The molecule has 0 radical (unpaired) electrons. The van der Waals surface area contributed by atoms with E-state index in [0.29, 0.717) is 5.92 Å². The number of carbonyl (C=O) groups is 1. The molecule has 0 saturated heterocycles. The average molecular weight is 335 g/mol. The Labute approximate surface area is 127 Å². The zero-order valence-electron chi connectivity index (χ0n) is 11.4. The molecule has 21 heavy (non-hydrogen) atoms. The Bertz CT molecular complexity index is 678. The highest BCUT2D eigenvalue weighted by Crippen LogP contribution is 2.26. The van der Waals surface area contributed by atoms with Crippen molar-refractivity contribution in [1.29, 1.82) is 0 Å². The lowest BCUT2D eigenvalue weighted by molar-refractivity contribution is 0.0932. The van der Waals surface area contributed by atoms with E-state index < -0.39 is 32.2 Å². The molecule has 1 aliphatic rings. The molecule has 1 amide bonds. The summed E-state index contributed by atoms with van der Waals surface area (Å²) in [5.74, 6) is -1.36. The lowest BCUT2D eigenvalue weighted by Crippen LogP contribution is -2.33. The van der Waals surface area contributed by atoms with E-state index in [4.69, 9.17) is 16.7 Å². The van der Waals surface area contributed by atoms with Crippen LogP contribution in [-0.2, 0) is 10.0 Å². The minimum Gasteiger partial charge on any atom is -0.349 e. The van der Waals surface area contributed by atoms with Crippen molar-refractivity contribution in [3.05, 3.63) is 28.5 Å². The summed E-state index contributed by atoms with van der Waals surface area (Å²) < 4.78 is 36.8. The van der Waals surface area contributed by atoms with Crippen LogP contribution in [0.25, 0.3) is 0 Å².